The average molecular weight is 171 g/mol. The number of hydrogen-bond acceptors (Lipinski definition) is 4. The van der Waals surface area contributed by atoms with Crippen LogP contribution in [0.15, 0.2) is 6.20 Å². The van der Waals surface area contributed by atoms with E-state index in [1.54, 1.807) is 0 Å². The Morgan fingerprint density at radius 1 is 1.73 bits per heavy atom. The topological polar surface area (TPSA) is 51.8 Å². The third-order valence-corrected chi connectivity index (χ3v) is 2.22. The molecular formula is C7H13N3S. The van der Waals surface area contributed by atoms with Crippen molar-refractivity contribution >= 4 is 11.7 Å². The predicted octanol–water partition coefficient (Wildman–Crippen LogP) is 1.21. The van der Waals surface area contributed by atoms with Crippen molar-refractivity contribution < 1.29 is 0 Å². The van der Waals surface area contributed by atoms with Crippen molar-refractivity contribution in [3.05, 3.63) is 11.9 Å². The summed E-state index contributed by atoms with van der Waals surface area (Å²) in [5.41, 5.74) is 6.81. The molecule has 0 saturated heterocycles. The molecule has 1 aromatic heterocycles. The highest BCUT2D eigenvalue weighted by atomic mass is 32.1. The van der Waals surface area contributed by atoms with Crippen LogP contribution in [0.5, 0.6) is 0 Å². The van der Waals surface area contributed by atoms with Gasteiger partial charge in [-0.3, -0.25) is 0 Å². The van der Waals surface area contributed by atoms with E-state index in [0.29, 0.717) is 6.04 Å². The molecule has 0 aliphatic carbocycles. The van der Waals surface area contributed by atoms with Gasteiger partial charge in [-0.2, -0.15) is 8.75 Å². The molecule has 11 heavy (non-hydrogen) atoms. The SMILES string of the molecule is CCC(N)CCc1cnsn1. The van der Waals surface area contributed by atoms with Crippen LogP contribution in [-0.4, -0.2) is 14.8 Å². The quantitative estimate of drug-likeness (QED) is 0.740. The first-order valence-corrected chi connectivity index (χ1v) is 4.58. The van der Waals surface area contributed by atoms with Gasteiger partial charge in [-0.1, -0.05) is 6.92 Å². The van der Waals surface area contributed by atoms with Crippen LogP contribution in [0, 0.1) is 0 Å². The largest absolute Gasteiger partial charge is 0.328 e. The van der Waals surface area contributed by atoms with Gasteiger partial charge >= 0.3 is 0 Å². The number of rotatable bonds is 4. The molecule has 62 valence electrons. The van der Waals surface area contributed by atoms with E-state index in [1.165, 1.54) is 11.7 Å². The van der Waals surface area contributed by atoms with Gasteiger partial charge in [0.05, 0.1) is 23.6 Å². The van der Waals surface area contributed by atoms with E-state index >= 15 is 0 Å². The zero-order valence-electron chi connectivity index (χ0n) is 6.66. The van der Waals surface area contributed by atoms with Crippen molar-refractivity contribution in [3.8, 4) is 0 Å². The molecule has 0 bridgehead atoms. The maximum atomic E-state index is 5.74. The van der Waals surface area contributed by atoms with Crippen molar-refractivity contribution in [2.75, 3.05) is 0 Å². The third kappa shape index (κ3) is 2.95. The smallest absolute Gasteiger partial charge is 0.0743 e. The summed E-state index contributed by atoms with van der Waals surface area (Å²) in [4.78, 5) is 0. The van der Waals surface area contributed by atoms with Crippen molar-refractivity contribution in [1.29, 1.82) is 0 Å². The Bertz CT molecular complexity index is 186. The second kappa shape index (κ2) is 4.41. The molecule has 2 N–H and O–H groups in total. The van der Waals surface area contributed by atoms with Crippen LogP contribution in [0.25, 0.3) is 0 Å². The lowest BCUT2D eigenvalue weighted by Gasteiger charge is -2.05. The molecule has 1 aromatic rings. The van der Waals surface area contributed by atoms with Gasteiger partial charge in [0.15, 0.2) is 0 Å². The van der Waals surface area contributed by atoms with Crippen LogP contribution < -0.4 is 5.73 Å². The molecule has 1 rings (SSSR count). The number of hydrogen-bond donors (Lipinski definition) is 1. The first kappa shape index (κ1) is 8.62. The summed E-state index contributed by atoms with van der Waals surface area (Å²) < 4.78 is 8.01. The fourth-order valence-electron chi connectivity index (χ4n) is 0.832. The number of aromatic nitrogens is 2. The highest BCUT2D eigenvalue weighted by Gasteiger charge is 2.01. The predicted molar refractivity (Wildman–Crippen MR) is 46.5 cm³/mol. The molecule has 1 unspecified atom stereocenters. The van der Waals surface area contributed by atoms with E-state index in [1.807, 2.05) is 6.20 Å². The first-order chi connectivity index (χ1) is 5.33. The minimum absolute atomic E-state index is 0.316. The number of nitrogens with zero attached hydrogens (tertiary/aromatic N) is 2. The zero-order chi connectivity index (χ0) is 8.10. The van der Waals surface area contributed by atoms with Crippen LogP contribution in [0.4, 0.5) is 0 Å². The minimum atomic E-state index is 0.316. The molecule has 0 aliphatic rings. The van der Waals surface area contributed by atoms with Gasteiger partial charge < -0.3 is 5.73 Å². The summed E-state index contributed by atoms with van der Waals surface area (Å²) in [7, 11) is 0. The van der Waals surface area contributed by atoms with Gasteiger partial charge in [0.1, 0.15) is 0 Å². The molecule has 0 aliphatic heterocycles. The second-order valence-electron chi connectivity index (χ2n) is 2.61. The van der Waals surface area contributed by atoms with Gasteiger partial charge in [-0.15, -0.1) is 0 Å². The van der Waals surface area contributed by atoms with E-state index in [4.69, 9.17) is 5.73 Å². The van der Waals surface area contributed by atoms with Crippen LogP contribution >= 0.6 is 11.7 Å². The summed E-state index contributed by atoms with van der Waals surface area (Å²) in [5, 5.41) is 0. The van der Waals surface area contributed by atoms with E-state index in [-0.39, 0.29) is 0 Å². The van der Waals surface area contributed by atoms with E-state index in [0.717, 1.165) is 25.0 Å². The summed E-state index contributed by atoms with van der Waals surface area (Å²) in [6.07, 6.45) is 4.83. The maximum Gasteiger partial charge on any atom is 0.0743 e. The summed E-state index contributed by atoms with van der Waals surface area (Å²) in [6, 6.07) is 0.316. The second-order valence-corrected chi connectivity index (χ2v) is 3.16. The van der Waals surface area contributed by atoms with Gasteiger partial charge in [-0.05, 0) is 19.3 Å². The fourth-order valence-corrected chi connectivity index (χ4v) is 1.29. The number of aryl methyl sites for hydroxylation is 1. The molecule has 1 atom stereocenters. The average Bonchev–Trinajstić information content (AvgIpc) is 2.52. The van der Waals surface area contributed by atoms with E-state index < -0.39 is 0 Å². The maximum absolute atomic E-state index is 5.74. The molecular weight excluding hydrogens is 158 g/mol. The van der Waals surface area contributed by atoms with E-state index in [9.17, 15) is 0 Å². The molecule has 0 radical (unpaired) electrons. The molecule has 0 saturated carbocycles. The molecule has 0 aromatic carbocycles. The van der Waals surface area contributed by atoms with Crippen LogP contribution in [0.3, 0.4) is 0 Å². The Morgan fingerprint density at radius 3 is 3.09 bits per heavy atom. The Labute approximate surface area is 71.0 Å². The van der Waals surface area contributed by atoms with Gasteiger partial charge in [0, 0.05) is 6.04 Å². The minimum Gasteiger partial charge on any atom is -0.328 e. The molecule has 0 spiro atoms. The standard InChI is InChI=1S/C7H13N3S/c1-2-6(8)3-4-7-5-9-11-10-7/h5-6H,2-4,8H2,1H3. The van der Waals surface area contributed by atoms with Crippen molar-refractivity contribution in [3.63, 3.8) is 0 Å². The summed E-state index contributed by atoms with van der Waals surface area (Å²) >= 11 is 1.26. The van der Waals surface area contributed by atoms with Gasteiger partial charge in [-0.25, -0.2) is 0 Å². The molecule has 1 heterocycles. The summed E-state index contributed by atoms with van der Waals surface area (Å²) in [6.45, 7) is 2.10. The van der Waals surface area contributed by atoms with Gasteiger partial charge in [0.25, 0.3) is 0 Å². The Hall–Kier alpha value is -0.480. The molecule has 0 fully saturated rings. The van der Waals surface area contributed by atoms with Crippen molar-refractivity contribution in [1.82, 2.24) is 8.75 Å². The zero-order valence-corrected chi connectivity index (χ0v) is 7.47. The monoisotopic (exact) mass is 171 g/mol. The lowest BCUT2D eigenvalue weighted by Crippen LogP contribution is -2.19. The van der Waals surface area contributed by atoms with E-state index in [2.05, 4.69) is 15.7 Å². The molecule has 0 amide bonds. The Balaban J connectivity index is 2.23. The highest BCUT2D eigenvalue weighted by Crippen LogP contribution is 2.02. The normalized spacial score (nSPS) is 13.3. The Kier molecular flexibility index (Phi) is 3.45. The third-order valence-electron chi connectivity index (χ3n) is 1.70. The fraction of sp³-hybridized carbons (Fsp3) is 0.714. The van der Waals surface area contributed by atoms with Crippen molar-refractivity contribution in [2.24, 2.45) is 5.73 Å². The van der Waals surface area contributed by atoms with Crippen LogP contribution in [0.2, 0.25) is 0 Å². The summed E-state index contributed by atoms with van der Waals surface area (Å²) in [5.74, 6) is 0. The lowest BCUT2D eigenvalue weighted by atomic mass is 10.1. The van der Waals surface area contributed by atoms with Crippen LogP contribution in [0.1, 0.15) is 25.5 Å². The number of nitrogens with two attached hydrogens (primary N) is 1. The van der Waals surface area contributed by atoms with Gasteiger partial charge in [0.2, 0.25) is 0 Å². The first-order valence-electron chi connectivity index (χ1n) is 3.85. The lowest BCUT2D eigenvalue weighted by molar-refractivity contribution is 0.592. The molecule has 4 heteroatoms. The molecule has 3 nitrogen and oxygen atoms in total. The van der Waals surface area contributed by atoms with Crippen LogP contribution in [-0.2, 0) is 6.42 Å². The van der Waals surface area contributed by atoms with Crippen molar-refractivity contribution in [2.45, 2.75) is 32.2 Å². The highest BCUT2D eigenvalue weighted by molar-refractivity contribution is 6.99. The Morgan fingerprint density at radius 2 is 2.55 bits per heavy atom.